The van der Waals surface area contributed by atoms with Crippen molar-refractivity contribution in [2.75, 3.05) is 26.2 Å². The highest BCUT2D eigenvalue weighted by atomic mass is 16.4. The molecule has 2 N–H and O–H groups in total. The number of aliphatic carboxylic acids is 1. The second kappa shape index (κ2) is 7.32. The molecular formula is C9H18N2O3. The molecule has 5 nitrogen and oxygen atoms in total. The fraction of sp³-hybridized carbons (Fsp3) is 0.778. The Kier molecular flexibility index (Phi) is 6.74. The molecule has 14 heavy (non-hydrogen) atoms. The number of rotatable bonds is 7. The van der Waals surface area contributed by atoms with Crippen molar-refractivity contribution in [1.82, 2.24) is 10.2 Å². The number of nitrogens with zero attached hydrogens (tertiary/aromatic N) is 1. The molecular weight excluding hydrogens is 184 g/mol. The first kappa shape index (κ1) is 12.9. The Bertz CT molecular complexity index is 190. The Morgan fingerprint density at radius 2 is 1.86 bits per heavy atom. The van der Waals surface area contributed by atoms with E-state index in [0.717, 1.165) is 19.6 Å². The molecule has 0 radical (unpaired) electrons. The standard InChI is InChI=1S/C9H18N2O3/c1-3-11(4-2)6-5-10-8(12)7-9(13)14/h3-7H2,1-2H3,(H,10,12)(H,13,14). The van der Waals surface area contributed by atoms with Crippen molar-refractivity contribution in [2.24, 2.45) is 0 Å². The Balaban J connectivity index is 3.52. The minimum atomic E-state index is -1.09. The number of amides is 1. The van der Waals surface area contributed by atoms with Crippen LogP contribution < -0.4 is 5.32 Å². The Morgan fingerprint density at radius 1 is 1.29 bits per heavy atom. The maximum absolute atomic E-state index is 10.9. The largest absolute Gasteiger partial charge is 0.481 e. The molecule has 0 aliphatic carbocycles. The summed E-state index contributed by atoms with van der Waals surface area (Å²) in [5, 5.41) is 10.9. The van der Waals surface area contributed by atoms with E-state index in [0.29, 0.717) is 6.54 Å². The van der Waals surface area contributed by atoms with E-state index >= 15 is 0 Å². The molecule has 0 saturated carbocycles. The van der Waals surface area contributed by atoms with Crippen LogP contribution in [0.15, 0.2) is 0 Å². The lowest BCUT2D eigenvalue weighted by atomic mass is 10.4. The molecule has 0 aliphatic rings. The number of hydrogen-bond donors (Lipinski definition) is 2. The summed E-state index contributed by atoms with van der Waals surface area (Å²) in [6, 6.07) is 0. The molecule has 5 heteroatoms. The van der Waals surface area contributed by atoms with Crippen molar-refractivity contribution < 1.29 is 14.7 Å². The molecule has 0 rings (SSSR count). The van der Waals surface area contributed by atoms with E-state index < -0.39 is 18.3 Å². The minimum absolute atomic E-state index is 0.426. The molecule has 0 saturated heterocycles. The molecule has 0 spiro atoms. The number of carbonyl (C=O) groups is 2. The average molecular weight is 202 g/mol. The quantitative estimate of drug-likeness (QED) is 0.566. The van der Waals surface area contributed by atoms with E-state index in [2.05, 4.69) is 10.2 Å². The molecule has 0 aromatic carbocycles. The second-order valence-corrected chi connectivity index (χ2v) is 2.95. The number of carboxylic acids is 1. The molecule has 0 aliphatic heterocycles. The molecule has 0 aromatic rings. The van der Waals surface area contributed by atoms with Gasteiger partial charge in [0.2, 0.25) is 5.91 Å². The monoisotopic (exact) mass is 202 g/mol. The zero-order valence-electron chi connectivity index (χ0n) is 8.75. The van der Waals surface area contributed by atoms with Crippen LogP contribution in [0.3, 0.4) is 0 Å². The predicted octanol–water partition coefficient (Wildman–Crippen LogP) is -0.0809. The van der Waals surface area contributed by atoms with Crippen LogP contribution >= 0.6 is 0 Å². The van der Waals surface area contributed by atoms with Gasteiger partial charge in [-0.3, -0.25) is 9.59 Å². The zero-order valence-corrected chi connectivity index (χ0v) is 8.75. The summed E-state index contributed by atoms with van der Waals surface area (Å²) in [5.74, 6) is -1.52. The lowest BCUT2D eigenvalue weighted by Gasteiger charge is -2.17. The molecule has 0 bridgehead atoms. The second-order valence-electron chi connectivity index (χ2n) is 2.95. The van der Waals surface area contributed by atoms with Gasteiger partial charge < -0.3 is 15.3 Å². The smallest absolute Gasteiger partial charge is 0.312 e. The van der Waals surface area contributed by atoms with E-state index in [-0.39, 0.29) is 0 Å². The van der Waals surface area contributed by atoms with Gasteiger partial charge in [0.25, 0.3) is 0 Å². The zero-order chi connectivity index (χ0) is 11.0. The maximum atomic E-state index is 10.9. The first-order valence-electron chi connectivity index (χ1n) is 4.81. The first-order chi connectivity index (χ1) is 6.60. The summed E-state index contributed by atoms with van der Waals surface area (Å²) in [4.78, 5) is 23.2. The fourth-order valence-corrected chi connectivity index (χ4v) is 1.09. The third-order valence-electron chi connectivity index (χ3n) is 1.96. The van der Waals surface area contributed by atoms with E-state index in [1.165, 1.54) is 0 Å². The van der Waals surface area contributed by atoms with Gasteiger partial charge in [-0.05, 0) is 13.1 Å². The van der Waals surface area contributed by atoms with Crippen molar-refractivity contribution in [3.63, 3.8) is 0 Å². The summed E-state index contributed by atoms with van der Waals surface area (Å²) in [6.45, 7) is 7.23. The third kappa shape index (κ3) is 6.42. The van der Waals surface area contributed by atoms with E-state index in [9.17, 15) is 9.59 Å². The fourth-order valence-electron chi connectivity index (χ4n) is 1.09. The van der Waals surface area contributed by atoms with Crippen molar-refractivity contribution in [2.45, 2.75) is 20.3 Å². The van der Waals surface area contributed by atoms with Crippen molar-refractivity contribution >= 4 is 11.9 Å². The Morgan fingerprint density at radius 3 is 2.29 bits per heavy atom. The van der Waals surface area contributed by atoms with E-state index in [1.54, 1.807) is 0 Å². The average Bonchev–Trinajstić information content (AvgIpc) is 2.11. The van der Waals surface area contributed by atoms with Gasteiger partial charge in [-0.25, -0.2) is 0 Å². The van der Waals surface area contributed by atoms with Crippen LogP contribution in [0.1, 0.15) is 20.3 Å². The molecule has 0 heterocycles. The lowest BCUT2D eigenvalue weighted by molar-refractivity contribution is -0.140. The topological polar surface area (TPSA) is 69.6 Å². The number of nitrogens with one attached hydrogen (secondary N) is 1. The van der Waals surface area contributed by atoms with Crippen molar-refractivity contribution in [3.8, 4) is 0 Å². The van der Waals surface area contributed by atoms with Gasteiger partial charge in [0, 0.05) is 13.1 Å². The Hall–Kier alpha value is -1.10. The summed E-state index contributed by atoms with van der Waals surface area (Å²) in [6.07, 6.45) is -0.446. The van der Waals surface area contributed by atoms with Gasteiger partial charge in [0.05, 0.1) is 0 Å². The van der Waals surface area contributed by atoms with Crippen molar-refractivity contribution in [1.29, 1.82) is 0 Å². The van der Waals surface area contributed by atoms with E-state index in [4.69, 9.17) is 5.11 Å². The lowest BCUT2D eigenvalue weighted by Crippen LogP contribution is -2.35. The summed E-state index contributed by atoms with van der Waals surface area (Å²) in [5.41, 5.74) is 0. The summed E-state index contributed by atoms with van der Waals surface area (Å²) in [7, 11) is 0. The summed E-state index contributed by atoms with van der Waals surface area (Å²) < 4.78 is 0. The van der Waals surface area contributed by atoms with Gasteiger partial charge >= 0.3 is 5.97 Å². The van der Waals surface area contributed by atoms with Crippen LogP contribution in [0, 0.1) is 0 Å². The Labute approximate surface area is 84.1 Å². The van der Waals surface area contributed by atoms with Crippen LogP contribution in [0.25, 0.3) is 0 Å². The number of carbonyl (C=O) groups excluding carboxylic acids is 1. The molecule has 82 valence electrons. The van der Waals surface area contributed by atoms with Gasteiger partial charge in [-0.2, -0.15) is 0 Å². The van der Waals surface area contributed by atoms with Gasteiger partial charge in [0.1, 0.15) is 6.42 Å². The SMILES string of the molecule is CCN(CC)CCNC(=O)CC(=O)O. The van der Waals surface area contributed by atoms with Gasteiger partial charge in [-0.15, -0.1) is 0 Å². The number of hydrogen-bond acceptors (Lipinski definition) is 3. The minimum Gasteiger partial charge on any atom is -0.481 e. The van der Waals surface area contributed by atoms with Crippen LogP contribution in [0.2, 0.25) is 0 Å². The summed E-state index contributed by atoms with van der Waals surface area (Å²) >= 11 is 0. The van der Waals surface area contributed by atoms with Crippen LogP contribution in [0.5, 0.6) is 0 Å². The maximum Gasteiger partial charge on any atom is 0.312 e. The molecule has 0 fully saturated rings. The highest BCUT2D eigenvalue weighted by Gasteiger charge is 2.06. The van der Waals surface area contributed by atoms with Gasteiger partial charge in [0.15, 0.2) is 0 Å². The van der Waals surface area contributed by atoms with Crippen LogP contribution in [-0.2, 0) is 9.59 Å². The highest BCUT2D eigenvalue weighted by Crippen LogP contribution is 1.85. The molecule has 0 unspecified atom stereocenters. The molecule has 0 aromatic heterocycles. The normalized spacial score (nSPS) is 10.2. The van der Waals surface area contributed by atoms with Crippen LogP contribution in [0.4, 0.5) is 0 Å². The third-order valence-corrected chi connectivity index (χ3v) is 1.96. The molecule has 0 atom stereocenters. The number of likely N-dealkylation sites (N-methyl/N-ethyl adjacent to an activating group) is 1. The van der Waals surface area contributed by atoms with Crippen molar-refractivity contribution in [3.05, 3.63) is 0 Å². The first-order valence-corrected chi connectivity index (χ1v) is 4.81. The predicted molar refractivity (Wildman–Crippen MR) is 53.1 cm³/mol. The molecule has 1 amide bonds. The number of carboxylic acid groups (broad SMARTS) is 1. The van der Waals surface area contributed by atoms with Crippen LogP contribution in [-0.4, -0.2) is 48.1 Å². The van der Waals surface area contributed by atoms with Gasteiger partial charge in [-0.1, -0.05) is 13.8 Å². The highest BCUT2D eigenvalue weighted by molar-refractivity contribution is 5.93. The van der Waals surface area contributed by atoms with E-state index in [1.807, 2.05) is 13.8 Å².